The number of hydrogen-bond acceptors (Lipinski definition) is 4. The molecule has 2 aromatic rings. The summed E-state index contributed by atoms with van der Waals surface area (Å²) in [4.78, 5) is 25.7. The van der Waals surface area contributed by atoms with Crippen LogP contribution in [0.25, 0.3) is 0 Å². The molecular weight excluding hydrogens is 973 g/mol. The Bertz CT molecular complexity index is 2180. The van der Waals surface area contributed by atoms with Crippen molar-refractivity contribution in [2.24, 2.45) is 21.7 Å². The van der Waals surface area contributed by atoms with Crippen molar-refractivity contribution in [3.05, 3.63) is 128 Å². The van der Waals surface area contributed by atoms with Crippen LogP contribution in [0.2, 0.25) is 0 Å². The molecule has 2 aromatic carbocycles. The van der Waals surface area contributed by atoms with Crippen molar-refractivity contribution < 1.29 is 88.1 Å². The standard InChI is InChI=1S/2C22H22F7NO.2ClH.Ti/c2*1-20(2,3)11-7-10(19(31)12(8-11)21(4,5)6)9-30-18-16(25)14(23)13(22(27,28)29)15(24)17(18)26;;;/h2*7-9,30H,1-6H3;2*1H;/q;;;;+2/p-2/b2*10-9-;;;. The van der Waals surface area contributed by atoms with Gasteiger partial charge in [0.1, 0.15) is 22.5 Å². The quantitative estimate of drug-likeness (QED) is 0.139. The second-order valence-electron chi connectivity index (χ2n) is 18.5. The Morgan fingerprint density at radius 2 is 0.662 bits per heavy atom. The van der Waals surface area contributed by atoms with Crippen LogP contribution in [0.15, 0.2) is 70.1 Å². The fourth-order valence-electron chi connectivity index (χ4n) is 5.81. The summed E-state index contributed by atoms with van der Waals surface area (Å²) in [6.07, 6.45) is -3.34. The molecule has 0 heterocycles. The molecule has 0 saturated carbocycles. The number of hydrogen-bond donors (Lipinski definition) is 2. The van der Waals surface area contributed by atoms with E-state index < -0.39 is 132 Å². The van der Waals surface area contributed by atoms with Crippen molar-refractivity contribution >= 4 is 41.6 Å². The molecule has 65 heavy (non-hydrogen) atoms. The van der Waals surface area contributed by atoms with Crippen molar-refractivity contribution in [2.75, 3.05) is 10.6 Å². The molecule has 2 N–H and O–H groups in total. The normalized spacial score (nSPS) is 16.5. The van der Waals surface area contributed by atoms with E-state index in [1.165, 1.54) is 12.2 Å². The predicted molar refractivity (Wildman–Crippen MR) is 218 cm³/mol. The van der Waals surface area contributed by atoms with Crippen LogP contribution in [-0.4, -0.2) is 11.6 Å². The molecule has 0 aromatic heterocycles. The van der Waals surface area contributed by atoms with Gasteiger partial charge in [-0.05, 0) is 45.0 Å². The summed E-state index contributed by atoms with van der Waals surface area (Å²) in [5.74, 6) is -20.3. The molecule has 0 fully saturated rings. The third-order valence-corrected chi connectivity index (χ3v) is 9.42. The van der Waals surface area contributed by atoms with Gasteiger partial charge in [0, 0.05) is 34.7 Å². The van der Waals surface area contributed by atoms with Crippen LogP contribution >= 0.6 is 18.6 Å². The fourth-order valence-corrected chi connectivity index (χ4v) is 5.81. The number of alkyl halides is 6. The molecule has 21 heteroatoms. The zero-order chi connectivity index (χ0) is 50.9. The number of nitrogens with one attached hydrogen (secondary N) is 2. The van der Waals surface area contributed by atoms with Crippen molar-refractivity contribution in [2.45, 2.75) is 95.4 Å². The van der Waals surface area contributed by atoms with E-state index in [9.17, 15) is 71.1 Å². The van der Waals surface area contributed by atoms with Gasteiger partial charge in [0.15, 0.2) is 58.1 Å². The molecular formula is C44H44Cl2F14N2O2Ti. The monoisotopic (exact) mass is 1020 g/mol. The third-order valence-electron chi connectivity index (χ3n) is 9.42. The average molecular weight is 1020 g/mol. The van der Waals surface area contributed by atoms with Crippen LogP contribution in [0.4, 0.5) is 72.8 Å². The Morgan fingerprint density at radius 1 is 0.431 bits per heavy atom. The molecule has 0 atom stereocenters. The number of halogens is 16. The van der Waals surface area contributed by atoms with E-state index in [1.54, 1.807) is 53.7 Å². The first-order chi connectivity index (χ1) is 29.2. The molecule has 0 aliphatic heterocycles. The first-order valence-corrected chi connectivity index (χ1v) is 23.2. The minimum absolute atomic E-state index is 0.0723. The van der Waals surface area contributed by atoms with E-state index in [1.807, 2.05) is 52.2 Å². The van der Waals surface area contributed by atoms with E-state index in [4.69, 9.17) is 18.6 Å². The van der Waals surface area contributed by atoms with Gasteiger partial charge in [0.05, 0.1) is 0 Å². The summed E-state index contributed by atoms with van der Waals surface area (Å²) in [7, 11) is 9.78. The molecule has 0 unspecified atom stereocenters. The average Bonchev–Trinajstić information content (AvgIpc) is 3.12. The molecule has 0 spiro atoms. The van der Waals surface area contributed by atoms with Crippen molar-refractivity contribution in [1.29, 1.82) is 0 Å². The molecule has 4 nitrogen and oxygen atoms in total. The van der Waals surface area contributed by atoms with Gasteiger partial charge in [-0.3, -0.25) is 9.59 Å². The second kappa shape index (κ2) is 20.6. The minimum atomic E-state index is -5.64. The van der Waals surface area contributed by atoms with Crippen LogP contribution < -0.4 is 10.6 Å². The van der Waals surface area contributed by atoms with Gasteiger partial charge in [-0.15, -0.1) is 0 Å². The fraction of sp³-hybridized carbons (Fsp3) is 0.409. The number of ketones is 2. The summed E-state index contributed by atoms with van der Waals surface area (Å²) in [6, 6.07) is 0. The van der Waals surface area contributed by atoms with Crippen molar-refractivity contribution in [3.63, 3.8) is 0 Å². The number of rotatable bonds is 4. The van der Waals surface area contributed by atoms with Gasteiger partial charge in [-0.2, -0.15) is 26.3 Å². The molecule has 0 bridgehead atoms. The summed E-state index contributed by atoms with van der Waals surface area (Å²) in [6.45, 7) is 21.9. The maximum absolute atomic E-state index is 14.1. The molecule has 0 radical (unpaired) electrons. The van der Waals surface area contributed by atoms with Crippen molar-refractivity contribution in [3.8, 4) is 0 Å². The second-order valence-corrected chi connectivity index (χ2v) is 21.1. The Morgan fingerprint density at radius 3 is 0.846 bits per heavy atom. The number of carbonyl (C=O) groups is 2. The van der Waals surface area contributed by atoms with Crippen LogP contribution in [0.3, 0.4) is 0 Å². The third kappa shape index (κ3) is 13.6. The van der Waals surface area contributed by atoms with Crippen LogP contribution in [0.5, 0.6) is 0 Å². The van der Waals surface area contributed by atoms with E-state index in [0.29, 0.717) is 22.3 Å². The van der Waals surface area contributed by atoms with Gasteiger partial charge in [0.2, 0.25) is 0 Å². The Balaban J connectivity index is 0.000000421. The summed E-state index contributed by atoms with van der Waals surface area (Å²) in [5.41, 5.74) is -8.25. The molecule has 2 aliphatic carbocycles. The maximum atomic E-state index is 14.1. The summed E-state index contributed by atoms with van der Waals surface area (Å²) in [5, 5.41) is 3.87. The Hall–Kier alpha value is -3.87. The zero-order valence-corrected chi connectivity index (χ0v) is 39.9. The molecule has 0 saturated heterocycles. The molecule has 358 valence electrons. The number of Topliss-reactive ketones (excluding diaryl/α,β-unsaturated/α-hetero) is 2. The SMILES string of the molecule is CC(C)(C)C1=C/C(=C/Nc2c(F)c(F)c(C(F)(F)F)c(F)c2F)C(=O)C(C(C)(C)C)=C1.CC(C)(C)C1=C/C(=C/Nc2c(F)c(F)c(C(F)(F)F)c(F)c2F)C(=O)C(C(C)(C)C)=C1.[Cl][Ti][Cl]. The predicted octanol–water partition coefficient (Wildman–Crippen LogP) is 15.5. The van der Waals surface area contributed by atoms with Gasteiger partial charge >= 0.3 is 48.0 Å². The van der Waals surface area contributed by atoms with Crippen LogP contribution in [-0.2, 0) is 39.0 Å². The van der Waals surface area contributed by atoms with Crippen molar-refractivity contribution in [1.82, 2.24) is 0 Å². The van der Waals surface area contributed by atoms with E-state index in [2.05, 4.69) is 0 Å². The number of anilines is 2. The summed E-state index contributed by atoms with van der Waals surface area (Å²) >= 11 is -0.556. The Kier molecular flexibility index (Phi) is 18.1. The number of carbonyl (C=O) groups excluding carboxylic acids is 2. The van der Waals surface area contributed by atoms with Crippen LogP contribution in [0, 0.1) is 68.2 Å². The number of benzene rings is 2. The van der Waals surface area contributed by atoms with Gasteiger partial charge in [-0.1, -0.05) is 95.2 Å². The van der Waals surface area contributed by atoms with E-state index in [-0.39, 0.29) is 11.1 Å². The van der Waals surface area contributed by atoms with Crippen LogP contribution in [0.1, 0.15) is 94.2 Å². The van der Waals surface area contributed by atoms with E-state index >= 15 is 0 Å². The molecule has 0 amide bonds. The topological polar surface area (TPSA) is 58.2 Å². The van der Waals surface area contributed by atoms with Gasteiger partial charge in [0.25, 0.3) is 0 Å². The number of allylic oxidation sites excluding steroid dienone is 10. The zero-order valence-electron chi connectivity index (χ0n) is 36.8. The van der Waals surface area contributed by atoms with E-state index in [0.717, 1.165) is 12.4 Å². The first kappa shape index (κ1) is 57.3. The summed E-state index contributed by atoms with van der Waals surface area (Å²) < 4.78 is 188. The van der Waals surface area contributed by atoms with Gasteiger partial charge in [-0.25, -0.2) is 35.1 Å². The molecule has 2 aliphatic rings. The molecule has 4 rings (SSSR count). The first-order valence-electron chi connectivity index (χ1n) is 18.9. The van der Waals surface area contributed by atoms with Gasteiger partial charge < -0.3 is 10.6 Å². The Labute approximate surface area is 383 Å².